The SMILES string of the molecule is CC[C@H]1CCCCN1C#N. The van der Waals surface area contributed by atoms with Crippen LogP contribution in [0, 0.1) is 11.5 Å². The second kappa shape index (κ2) is 3.46. The molecule has 0 aromatic heterocycles. The molecule has 1 rings (SSSR count). The van der Waals surface area contributed by atoms with Gasteiger partial charge in [0.05, 0.1) is 0 Å². The average Bonchev–Trinajstić information content (AvgIpc) is 2.04. The summed E-state index contributed by atoms with van der Waals surface area (Å²) in [5.74, 6) is 0. The van der Waals surface area contributed by atoms with Gasteiger partial charge in [-0.2, -0.15) is 5.26 Å². The third kappa shape index (κ3) is 1.41. The van der Waals surface area contributed by atoms with E-state index in [-0.39, 0.29) is 0 Å². The Morgan fingerprint density at radius 1 is 1.60 bits per heavy atom. The fraction of sp³-hybridized carbons (Fsp3) is 0.875. The zero-order chi connectivity index (χ0) is 7.40. The first-order valence-electron chi connectivity index (χ1n) is 4.05. The molecule has 1 aliphatic heterocycles. The van der Waals surface area contributed by atoms with Crippen LogP contribution in [-0.4, -0.2) is 17.5 Å². The van der Waals surface area contributed by atoms with Crippen LogP contribution in [0.1, 0.15) is 32.6 Å². The molecule has 56 valence electrons. The Labute approximate surface area is 62.4 Å². The number of nitriles is 1. The molecule has 0 amide bonds. The summed E-state index contributed by atoms with van der Waals surface area (Å²) in [5, 5.41) is 8.67. The molecule has 0 aromatic carbocycles. The molecule has 0 aromatic rings. The van der Waals surface area contributed by atoms with Gasteiger partial charge in [-0.3, -0.25) is 0 Å². The highest BCUT2D eigenvalue weighted by Crippen LogP contribution is 2.17. The largest absolute Gasteiger partial charge is 0.308 e. The maximum absolute atomic E-state index is 8.67. The van der Waals surface area contributed by atoms with Gasteiger partial charge >= 0.3 is 0 Å². The molecule has 0 saturated carbocycles. The summed E-state index contributed by atoms with van der Waals surface area (Å²) < 4.78 is 0. The maximum atomic E-state index is 8.67. The van der Waals surface area contributed by atoms with Gasteiger partial charge in [-0.05, 0) is 25.7 Å². The minimum absolute atomic E-state index is 0.541. The second-order valence-electron chi connectivity index (χ2n) is 2.85. The van der Waals surface area contributed by atoms with E-state index in [4.69, 9.17) is 5.26 Å². The quantitative estimate of drug-likeness (QED) is 0.516. The summed E-state index contributed by atoms with van der Waals surface area (Å²) in [6, 6.07) is 0.541. The standard InChI is InChI=1S/C8H14N2/c1-2-8-5-3-4-6-10(8)7-9/h8H,2-6H2,1H3/t8-/m0/s1. The Morgan fingerprint density at radius 2 is 2.40 bits per heavy atom. The summed E-state index contributed by atoms with van der Waals surface area (Å²) in [6.07, 6.45) is 7.07. The molecule has 1 aliphatic rings. The molecule has 10 heavy (non-hydrogen) atoms. The van der Waals surface area contributed by atoms with Crippen molar-refractivity contribution in [3.8, 4) is 6.19 Å². The molecular weight excluding hydrogens is 124 g/mol. The number of hydrogen-bond acceptors (Lipinski definition) is 2. The van der Waals surface area contributed by atoms with Gasteiger partial charge < -0.3 is 4.90 Å². The topological polar surface area (TPSA) is 27.0 Å². The molecule has 0 radical (unpaired) electrons. The number of likely N-dealkylation sites (tertiary alicyclic amines) is 1. The lowest BCUT2D eigenvalue weighted by molar-refractivity contribution is 0.218. The van der Waals surface area contributed by atoms with Crippen molar-refractivity contribution >= 4 is 0 Å². The van der Waals surface area contributed by atoms with Crippen molar-refractivity contribution in [3.63, 3.8) is 0 Å². The monoisotopic (exact) mass is 138 g/mol. The first-order valence-corrected chi connectivity index (χ1v) is 4.05. The van der Waals surface area contributed by atoms with E-state index in [0.29, 0.717) is 6.04 Å². The predicted octanol–water partition coefficient (Wildman–Crippen LogP) is 1.73. The summed E-state index contributed by atoms with van der Waals surface area (Å²) in [6.45, 7) is 3.13. The van der Waals surface area contributed by atoms with E-state index in [9.17, 15) is 0 Å². The van der Waals surface area contributed by atoms with E-state index >= 15 is 0 Å². The van der Waals surface area contributed by atoms with Crippen molar-refractivity contribution < 1.29 is 0 Å². The molecule has 2 heteroatoms. The van der Waals surface area contributed by atoms with Crippen LogP contribution in [0.4, 0.5) is 0 Å². The van der Waals surface area contributed by atoms with E-state index in [1.165, 1.54) is 19.3 Å². The van der Waals surface area contributed by atoms with Crippen LogP contribution in [0.25, 0.3) is 0 Å². The van der Waals surface area contributed by atoms with Crippen LogP contribution in [-0.2, 0) is 0 Å². The van der Waals surface area contributed by atoms with Crippen LogP contribution in [0.2, 0.25) is 0 Å². The second-order valence-corrected chi connectivity index (χ2v) is 2.85. The molecule has 0 bridgehead atoms. The summed E-state index contributed by atoms with van der Waals surface area (Å²) in [5.41, 5.74) is 0. The van der Waals surface area contributed by atoms with Crippen LogP contribution in [0.15, 0.2) is 0 Å². The van der Waals surface area contributed by atoms with Gasteiger partial charge in [-0.1, -0.05) is 6.92 Å². The van der Waals surface area contributed by atoms with Gasteiger partial charge in [0.15, 0.2) is 6.19 Å². The van der Waals surface area contributed by atoms with Crippen molar-refractivity contribution in [1.29, 1.82) is 5.26 Å². The van der Waals surface area contributed by atoms with E-state index in [2.05, 4.69) is 13.1 Å². The number of piperidine rings is 1. The fourth-order valence-corrected chi connectivity index (χ4v) is 1.56. The highest BCUT2D eigenvalue weighted by molar-refractivity contribution is 4.84. The van der Waals surface area contributed by atoms with Crippen LogP contribution >= 0.6 is 0 Å². The maximum Gasteiger partial charge on any atom is 0.179 e. The molecule has 0 aliphatic carbocycles. The lowest BCUT2D eigenvalue weighted by atomic mass is 10.0. The van der Waals surface area contributed by atoms with E-state index in [1.54, 1.807) is 0 Å². The number of hydrogen-bond donors (Lipinski definition) is 0. The highest BCUT2D eigenvalue weighted by Gasteiger charge is 2.18. The number of nitrogens with zero attached hydrogens (tertiary/aromatic N) is 2. The molecule has 0 N–H and O–H groups in total. The Balaban J connectivity index is 2.44. The van der Waals surface area contributed by atoms with E-state index < -0.39 is 0 Å². The van der Waals surface area contributed by atoms with Crippen molar-refractivity contribution in [2.45, 2.75) is 38.6 Å². The minimum Gasteiger partial charge on any atom is -0.308 e. The van der Waals surface area contributed by atoms with Crippen molar-refractivity contribution in [2.24, 2.45) is 0 Å². The van der Waals surface area contributed by atoms with E-state index in [1.807, 2.05) is 4.90 Å². The normalized spacial score (nSPS) is 26.0. The minimum atomic E-state index is 0.541. The lowest BCUT2D eigenvalue weighted by Gasteiger charge is -2.30. The van der Waals surface area contributed by atoms with Gasteiger partial charge in [0, 0.05) is 12.6 Å². The average molecular weight is 138 g/mol. The predicted molar refractivity (Wildman–Crippen MR) is 40.2 cm³/mol. The van der Waals surface area contributed by atoms with Crippen molar-refractivity contribution in [2.75, 3.05) is 6.54 Å². The molecule has 1 saturated heterocycles. The third-order valence-corrected chi connectivity index (χ3v) is 2.23. The van der Waals surface area contributed by atoms with Crippen LogP contribution < -0.4 is 0 Å². The molecule has 1 fully saturated rings. The first-order chi connectivity index (χ1) is 4.88. The Hall–Kier alpha value is -0.710. The molecule has 0 spiro atoms. The van der Waals surface area contributed by atoms with Gasteiger partial charge in [0.2, 0.25) is 0 Å². The first kappa shape index (κ1) is 7.40. The van der Waals surface area contributed by atoms with Gasteiger partial charge in [-0.15, -0.1) is 0 Å². The Kier molecular flexibility index (Phi) is 2.56. The van der Waals surface area contributed by atoms with Crippen LogP contribution in [0.5, 0.6) is 0 Å². The molecular formula is C8H14N2. The molecule has 1 heterocycles. The molecule has 2 nitrogen and oxygen atoms in total. The lowest BCUT2D eigenvalue weighted by Crippen LogP contribution is -2.34. The van der Waals surface area contributed by atoms with E-state index in [0.717, 1.165) is 13.0 Å². The summed E-state index contributed by atoms with van der Waals surface area (Å²) >= 11 is 0. The van der Waals surface area contributed by atoms with Crippen molar-refractivity contribution in [3.05, 3.63) is 0 Å². The summed E-state index contributed by atoms with van der Waals surface area (Å²) in [7, 11) is 0. The highest BCUT2D eigenvalue weighted by atomic mass is 15.1. The van der Waals surface area contributed by atoms with Gasteiger partial charge in [0.25, 0.3) is 0 Å². The number of rotatable bonds is 1. The van der Waals surface area contributed by atoms with Crippen molar-refractivity contribution in [1.82, 2.24) is 4.90 Å². The molecule has 1 atom stereocenters. The van der Waals surface area contributed by atoms with Crippen LogP contribution in [0.3, 0.4) is 0 Å². The smallest absolute Gasteiger partial charge is 0.179 e. The Bertz CT molecular complexity index is 137. The zero-order valence-corrected chi connectivity index (χ0v) is 6.51. The fourth-order valence-electron chi connectivity index (χ4n) is 1.56. The Morgan fingerprint density at radius 3 is 2.90 bits per heavy atom. The summed E-state index contributed by atoms with van der Waals surface area (Å²) in [4.78, 5) is 1.92. The van der Waals surface area contributed by atoms with Gasteiger partial charge in [-0.25, -0.2) is 0 Å². The molecule has 0 unspecified atom stereocenters. The third-order valence-electron chi connectivity index (χ3n) is 2.23. The van der Waals surface area contributed by atoms with Gasteiger partial charge in [0.1, 0.15) is 0 Å². The zero-order valence-electron chi connectivity index (χ0n) is 6.51.